The molecule has 1 unspecified atom stereocenters. The highest BCUT2D eigenvalue weighted by Gasteiger charge is 2.40. The summed E-state index contributed by atoms with van der Waals surface area (Å²) in [7, 11) is -3.93. The molecule has 2 aromatic carbocycles. The number of fused-ring (bicyclic) bond motifs is 1. The topological polar surface area (TPSA) is 104 Å². The minimum Gasteiger partial charge on any atom is -0.350 e. The van der Waals surface area contributed by atoms with Crippen molar-refractivity contribution in [2.24, 2.45) is 0 Å². The van der Waals surface area contributed by atoms with Gasteiger partial charge in [-0.15, -0.1) is 0 Å². The van der Waals surface area contributed by atoms with Crippen LogP contribution >= 0.6 is 0 Å². The van der Waals surface area contributed by atoms with Crippen LogP contribution in [0, 0.1) is 6.92 Å². The second-order valence-corrected chi connectivity index (χ2v) is 12.0. The third-order valence-corrected chi connectivity index (χ3v) is 7.82. The number of carbonyl (C=O) groups excluding carboxylic acids is 3. The molecule has 0 bridgehead atoms. The fraction of sp³-hybridized carbons (Fsp3) is 0.444. The molecule has 1 aliphatic heterocycles. The van der Waals surface area contributed by atoms with Crippen molar-refractivity contribution in [2.45, 2.75) is 76.9 Å². The molecular weight excluding hydrogens is 478 g/mol. The number of nitrogens with one attached hydrogen (secondary N) is 1. The molecule has 3 amide bonds. The van der Waals surface area contributed by atoms with Crippen LogP contribution in [0.2, 0.25) is 0 Å². The summed E-state index contributed by atoms with van der Waals surface area (Å²) in [6.07, 6.45) is 0.577. The number of aryl methyl sites for hydroxylation is 1. The van der Waals surface area contributed by atoms with Gasteiger partial charge in [-0.25, -0.2) is 12.7 Å². The molecule has 0 aliphatic carbocycles. The minimum atomic E-state index is -3.93. The molecule has 3 rings (SSSR count). The van der Waals surface area contributed by atoms with Crippen LogP contribution in [0.4, 0.5) is 0 Å². The van der Waals surface area contributed by atoms with Gasteiger partial charge in [0.15, 0.2) is 0 Å². The summed E-state index contributed by atoms with van der Waals surface area (Å²) in [5, 5.41) is 2.97. The Kier molecular flexibility index (Phi) is 8.23. The Labute approximate surface area is 213 Å². The second-order valence-electron chi connectivity index (χ2n) is 10.2. The predicted octanol–water partition coefficient (Wildman–Crippen LogP) is 3.64. The lowest BCUT2D eigenvalue weighted by molar-refractivity contribution is -0.142. The van der Waals surface area contributed by atoms with Crippen LogP contribution in [0.25, 0.3) is 0 Å². The Bertz CT molecular complexity index is 1250. The van der Waals surface area contributed by atoms with Gasteiger partial charge >= 0.3 is 0 Å². The third kappa shape index (κ3) is 6.13. The highest BCUT2D eigenvalue weighted by molar-refractivity contribution is 7.90. The van der Waals surface area contributed by atoms with Crippen molar-refractivity contribution in [3.8, 4) is 0 Å². The first-order valence-electron chi connectivity index (χ1n) is 12.2. The van der Waals surface area contributed by atoms with E-state index < -0.39 is 27.5 Å². The number of benzene rings is 2. The van der Waals surface area contributed by atoms with E-state index in [4.69, 9.17) is 0 Å². The number of hydrogen-bond donors (Lipinski definition) is 1. The molecular formula is C27H35N3O5S. The maximum absolute atomic E-state index is 13.4. The summed E-state index contributed by atoms with van der Waals surface area (Å²) in [6, 6.07) is 13.2. The van der Waals surface area contributed by atoms with Gasteiger partial charge in [0.05, 0.1) is 5.56 Å². The van der Waals surface area contributed by atoms with Gasteiger partial charge in [-0.2, -0.15) is 0 Å². The standard InChI is InChI=1S/C27H35N3O5S/c1-6-22(25(32)28-27(3,4)5)29(18-20-12-9-11-19(2)17-20)24(31)15-10-16-30-26(33)21-13-7-8-14-23(21)36(30,34)35/h7-9,11-14,17,22H,6,10,15-16,18H2,1-5H3,(H,28,32). The second kappa shape index (κ2) is 10.8. The molecule has 9 heteroatoms. The van der Waals surface area contributed by atoms with E-state index in [1.165, 1.54) is 12.1 Å². The molecule has 0 fully saturated rings. The molecule has 8 nitrogen and oxygen atoms in total. The Morgan fingerprint density at radius 3 is 2.39 bits per heavy atom. The summed E-state index contributed by atoms with van der Waals surface area (Å²) in [6.45, 7) is 9.62. The molecule has 0 aromatic heterocycles. The van der Waals surface area contributed by atoms with Gasteiger partial charge in [0.2, 0.25) is 11.8 Å². The van der Waals surface area contributed by atoms with Crippen LogP contribution in [0.3, 0.4) is 0 Å². The number of rotatable bonds is 9. The van der Waals surface area contributed by atoms with Gasteiger partial charge in [-0.1, -0.05) is 48.9 Å². The SMILES string of the molecule is CCC(C(=O)NC(C)(C)C)N(Cc1cccc(C)c1)C(=O)CCCN1C(=O)c2ccccc2S1(=O)=O. The summed E-state index contributed by atoms with van der Waals surface area (Å²) in [5.74, 6) is -1.08. The molecule has 36 heavy (non-hydrogen) atoms. The van der Waals surface area contributed by atoms with Crippen LogP contribution < -0.4 is 5.32 Å². The molecule has 0 saturated heterocycles. The number of carbonyl (C=O) groups is 3. The average molecular weight is 514 g/mol. The predicted molar refractivity (Wildman–Crippen MR) is 138 cm³/mol. The molecule has 1 aliphatic rings. The molecule has 194 valence electrons. The van der Waals surface area contributed by atoms with E-state index >= 15 is 0 Å². The van der Waals surface area contributed by atoms with Gasteiger partial charge in [0.1, 0.15) is 10.9 Å². The van der Waals surface area contributed by atoms with Gasteiger partial charge < -0.3 is 10.2 Å². The van der Waals surface area contributed by atoms with Crippen molar-refractivity contribution < 1.29 is 22.8 Å². The highest BCUT2D eigenvalue weighted by atomic mass is 32.2. The molecule has 1 heterocycles. The van der Waals surface area contributed by atoms with Crippen molar-refractivity contribution in [2.75, 3.05) is 6.54 Å². The zero-order chi connectivity index (χ0) is 26.7. The summed E-state index contributed by atoms with van der Waals surface area (Å²) in [5.41, 5.74) is 1.64. The first-order chi connectivity index (χ1) is 16.8. The molecule has 1 atom stereocenters. The molecule has 0 saturated carbocycles. The van der Waals surface area contributed by atoms with Crippen LogP contribution in [-0.4, -0.2) is 53.5 Å². The van der Waals surface area contributed by atoms with Crippen molar-refractivity contribution >= 4 is 27.7 Å². The number of amides is 3. The fourth-order valence-electron chi connectivity index (χ4n) is 4.35. The number of nitrogens with zero attached hydrogens (tertiary/aromatic N) is 2. The average Bonchev–Trinajstić information content (AvgIpc) is 2.98. The first-order valence-corrected chi connectivity index (χ1v) is 13.6. The van der Waals surface area contributed by atoms with Crippen molar-refractivity contribution in [1.82, 2.24) is 14.5 Å². The van der Waals surface area contributed by atoms with E-state index in [-0.39, 0.29) is 48.2 Å². The summed E-state index contributed by atoms with van der Waals surface area (Å²) in [4.78, 5) is 40.7. The Morgan fingerprint density at radius 1 is 1.08 bits per heavy atom. The quantitative estimate of drug-likeness (QED) is 0.551. The van der Waals surface area contributed by atoms with Gasteiger partial charge in [0, 0.05) is 25.0 Å². The van der Waals surface area contributed by atoms with E-state index in [1.54, 1.807) is 17.0 Å². The largest absolute Gasteiger partial charge is 0.350 e. The zero-order valence-corrected chi connectivity index (χ0v) is 22.4. The Morgan fingerprint density at radius 2 is 1.78 bits per heavy atom. The molecule has 0 spiro atoms. The zero-order valence-electron chi connectivity index (χ0n) is 21.6. The third-order valence-electron chi connectivity index (χ3n) is 5.98. The van der Waals surface area contributed by atoms with E-state index in [0.717, 1.165) is 15.4 Å². The lowest BCUT2D eigenvalue weighted by Gasteiger charge is -2.33. The van der Waals surface area contributed by atoms with Gasteiger partial charge in [-0.3, -0.25) is 14.4 Å². The normalized spacial score (nSPS) is 15.4. The monoisotopic (exact) mass is 513 g/mol. The van der Waals surface area contributed by atoms with Gasteiger partial charge in [-0.05, 0) is 58.2 Å². The maximum atomic E-state index is 13.4. The summed E-state index contributed by atoms with van der Waals surface area (Å²) >= 11 is 0. The van der Waals surface area contributed by atoms with Crippen molar-refractivity contribution in [3.05, 3.63) is 65.2 Å². The lowest BCUT2D eigenvalue weighted by atomic mass is 10.0. The lowest BCUT2D eigenvalue weighted by Crippen LogP contribution is -2.53. The molecule has 1 N–H and O–H groups in total. The van der Waals surface area contributed by atoms with Crippen LogP contribution in [0.5, 0.6) is 0 Å². The van der Waals surface area contributed by atoms with Gasteiger partial charge in [0.25, 0.3) is 15.9 Å². The van der Waals surface area contributed by atoms with E-state index in [9.17, 15) is 22.8 Å². The van der Waals surface area contributed by atoms with E-state index in [1.807, 2.05) is 58.9 Å². The number of sulfonamides is 1. The minimum absolute atomic E-state index is 0.000753. The highest BCUT2D eigenvalue weighted by Crippen LogP contribution is 2.30. The molecule has 0 radical (unpaired) electrons. The first kappa shape index (κ1) is 27.4. The molecule has 2 aromatic rings. The Hall–Kier alpha value is -3.20. The maximum Gasteiger partial charge on any atom is 0.269 e. The van der Waals surface area contributed by atoms with Crippen molar-refractivity contribution in [3.63, 3.8) is 0 Å². The smallest absolute Gasteiger partial charge is 0.269 e. The number of hydrogen-bond acceptors (Lipinski definition) is 5. The Balaban J connectivity index is 1.76. The van der Waals surface area contributed by atoms with Crippen molar-refractivity contribution in [1.29, 1.82) is 0 Å². The van der Waals surface area contributed by atoms with Crippen LogP contribution in [-0.2, 0) is 26.2 Å². The fourth-order valence-corrected chi connectivity index (χ4v) is 5.96. The van der Waals surface area contributed by atoms with Crippen LogP contribution in [0.1, 0.15) is 68.4 Å². The summed E-state index contributed by atoms with van der Waals surface area (Å²) < 4.78 is 26.5. The van der Waals surface area contributed by atoms with E-state index in [0.29, 0.717) is 6.42 Å². The van der Waals surface area contributed by atoms with Crippen LogP contribution in [0.15, 0.2) is 53.4 Å². The van der Waals surface area contributed by atoms with E-state index in [2.05, 4.69) is 5.32 Å².